The first kappa shape index (κ1) is 18.6. The van der Waals surface area contributed by atoms with Gasteiger partial charge in [0.15, 0.2) is 0 Å². The fourth-order valence-electron chi connectivity index (χ4n) is 3.81. The maximum absolute atomic E-state index is 14.5. The van der Waals surface area contributed by atoms with Crippen LogP contribution in [-0.2, 0) is 4.74 Å². The Hall–Kier alpha value is -3.45. The Morgan fingerprint density at radius 2 is 1.77 bits per heavy atom. The number of rotatable bonds is 4. The van der Waals surface area contributed by atoms with Gasteiger partial charge in [0.2, 0.25) is 0 Å². The van der Waals surface area contributed by atoms with Gasteiger partial charge in [-0.15, -0.1) is 0 Å². The van der Waals surface area contributed by atoms with Gasteiger partial charge in [0.25, 0.3) is 0 Å². The molecule has 6 nitrogen and oxygen atoms in total. The topological polar surface area (TPSA) is 52.4 Å². The van der Waals surface area contributed by atoms with Gasteiger partial charge in [0.1, 0.15) is 11.6 Å². The first-order chi connectivity index (χ1) is 14.7. The Morgan fingerprint density at radius 3 is 2.53 bits per heavy atom. The fourth-order valence-corrected chi connectivity index (χ4v) is 3.81. The van der Waals surface area contributed by atoms with Crippen LogP contribution < -0.4 is 9.64 Å². The van der Waals surface area contributed by atoms with E-state index in [1.54, 1.807) is 24.5 Å². The number of methoxy groups -OCH3 is 1. The van der Waals surface area contributed by atoms with Crippen LogP contribution in [-0.4, -0.2) is 48.2 Å². The number of halogens is 1. The van der Waals surface area contributed by atoms with E-state index in [9.17, 15) is 4.39 Å². The molecule has 152 valence electrons. The number of morpholine rings is 1. The summed E-state index contributed by atoms with van der Waals surface area (Å²) in [4.78, 5) is 6.74. The van der Waals surface area contributed by atoms with E-state index in [-0.39, 0.29) is 5.82 Å². The minimum absolute atomic E-state index is 0.345. The number of aromatic nitrogens is 3. The van der Waals surface area contributed by atoms with E-state index in [2.05, 4.69) is 27.1 Å². The van der Waals surface area contributed by atoms with Crippen LogP contribution in [0, 0.1) is 5.82 Å². The van der Waals surface area contributed by atoms with Gasteiger partial charge in [-0.1, -0.05) is 6.07 Å². The van der Waals surface area contributed by atoms with Gasteiger partial charge in [-0.3, -0.25) is 4.98 Å². The number of pyridine rings is 1. The molecule has 0 radical (unpaired) electrons. The average molecular weight is 404 g/mol. The Labute approximate surface area is 173 Å². The highest BCUT2D eigenvalue weighted by Crippen LogP contribution is 2.33. The third kappa shape index (κ3) is 3.27. The Balaban J connectivity index is 1.54. The van der Waals surface area contributed by atoms with E-state index < -0.39 is 0 Å². The number of nitrogens with zero attached hydrogens (tertiary/aromatic N) is 4. The molecule has 5 rings (SSSR count). The lowest BCUT2D eigenvalue weighted by molar-refractivity contribution is 0.122. The molecule has 0 unspecified atom stereocenters. The van der Waals surface area contributed by atoms with Crippen molar-refractivity contribution in [3.8, 4) is 22.7 Å². The second-order valence-corrected chi connectivity index (χ2v) is 7.12. The minimum Gasteiger partial charge on any atom is -0.496 e. The zero-order chi connectivity index (χ0) is 20.5. The minimum atomic E-state index is -0.373. The van der Waals surface area contributed by atoms with E-state index in [0.29, 0.717) is 17.0 Å². The molecule has 7 heteroatoms. The number of anilines is 1. The number of fused-ring (bicyclic) bond motifs is 1. The molecule has 1 fully saturated rings. The van der Waals surface area contributed by atoms with Gasteiger partial charge < -0.3 is 14.4 Å². The molecule has 30 heavy (non-hydrogen) atoms. The summed E-state index contributed by atoms with van der Waals surface area (Å²) in [5, 5.41) is 5.41. The highest BCUT2D eigenvalue weighted by atomic mass is 19.1. The molecule has 0 bridgehead atoms. The fraction of sp³-hybridized carbons (Fsp3) is 0.217. The lowest BCUT2D eigenvalue weighted by atomic mass is 10.1. The molecule has 3 heterocycles. The second kappa shape index (κ2) is 7.76. The Morgan fingerprint density at radius 1 is 1.00 bits per heavy atom. The Bertz CT molecular complexity index is 1180. The molecule has 0 aliphatic carbocycles. The zero-order valence-electron chi connectivity index (χ0n) is 16.6. The van der Waals surface area contributed by atoms with E-state index >= 15 is 0 Å². The van der Waals surface area contributed by atoms with Crippen molar-refractivity contribution in [2.75, 3.05) is 38.3 Å². The number of hydrogen-bond donors (Lipinski definition) is 0. The number of ether oxygens (including phenoxy) is 2. The van der Waals surface area contributed by atoms with Gasteiger partial charge in [-0.05, 0) is 42.5 Å². The molecule has 0 spiro atoms. The van der Waals surface area contributed by atoms with Crippen LogP contribution in [0.3, 0.4) is 0 Å². The van der Waals surface area contributed by atoms with Crippen molar-refractivity contribution >= 4 is 16.6 Å². The van der Waals surface area contributed by atoms with Gasteiger partial charge in [0, 0.05) is 30.4 Å². The van der Waals surface area contributed by atoms with Crippen molar-refractivity contribution in [2.24, 2.45) is 0 Å². The molecule has 2 aromatic heterocycles. The van der Waals surface area contributed by atoms with Crippen LogP contribution in [0.5, 0.6) is 5.75 Å². The lowest BCUT2D eigenvalue weighted by Gasteiger charge is -2.28. The highest BCUT2D eigenvalue weighted by Gasteiger charge is 2.16. The average Bonchev–Trinajstić information content (AvgIpc) is 3.23. The molecule has 1 saturated heterocycles. The summed E-state index contributed by atoms with van der Waals surface area (Å²) in [6, 6.07) is 14.9. The molecule has 4 aromatic rings. The van der Waals surface area contributed by atoms with Crippen molar-refractivity contribution in [2.45, 2.75) is 0 Å². The van der Waals surface area contributed by atoms with E-state index in [1.165, 1.54) is 13.2 Å². The summed E-state index contributed by atoms with van der Waals surface area (Å²) in [6.45, 7) is 3.29. The predicted octanol–water partition coefficient (Wildman–Crippen LogP) is 4.07. The van der Waals surface area contributed by atoms with Crippen molar-refractivity contribution in [1.29, 1.82) is 0 Å². The van der Waals surface area contributed by atoms with Gasteiger partial charge in [0.05, 0.1) is 49.0 Å². The van der Waals surface area contributed by atoms with Gasteiger partial charge in [-0.25, -0.2) is 9.07 Å². The van der Waals surface area contributed by atoms with E-state index in [4.69, 9.17) is 9.47 Å². The standard InChI is InChI=1S/C23H21FN4O2/c1-29-22-4-2-3-19(24)23(22)20-13-21-16(14-25-20)15-26-28(21)18-7-5-17(6-8-18)27-9-11-30-12-10-27/h2-8,13-15H,9-12H2,1H3. The molecule has 1 aliphatic rings. The molecule has 0 N–H and O–H groups in total. The molecular formula is C23H21FN4O2. The summed E-state index contributed by atoms with van der Waals surface area (Å²) in [7, 11) is 1.52. The van der Waals surface area contributed by atoms with Crippen LogP contribution in [0.4, 0.5) is 10.1 Å². The molecule has 0 saturated carbocycles. The third-order valence-electron chi connectivity index (χ3n) is 5.37. The van der Waals surface area contributed by atoms with E-state index in [1.807, 2.05) is 22.9 Å². The van der Waals surface area contributed by atoms with Crippen LogP contribution in [0.25, 0.3) is 27.8 Å². The highest BCUT2D eigenvalue weighted by molar-refractivity contribution is 5.84. The van der Waals surface area contributed by atoms with Crippen molar-refractivity contribution in [1.82, 2.24) is 14.8 Å². The lowest BCUT2D eigenvalue weighted by Crippen LogP contribution is -2.36. The molecule has 2 aromatic carbocycles. The second-order valence-electron chi connectivity index (χ2n) is 7.12. The van der Waals surface area contributed by atoms with Crippen LogP contribution >= 0.6 is 0 Å². The maximum atomic E-state index is 14.5. The van der Waals surface area contributed by atoms with Crippen molar-refractivity contribution < 1.29 is 13.9 Å². The summed E-state index contributed by atoms with van der Waals surface area (Å²) in [5.41, 5.74) is 3.79. The van der Waals surface area contributed by atoms with Crippen molar-refractivity contribution in [3.63, 3.8) is 0 Å². The van der Waals surface area contributed by atoms with Gasteiger partial charge >= 0.3 is 0 Å². The number of benzene rings is 2. The zero-order valence-corrected chi connectivity index (χ0v) is 16.6. The Kier molecular flexibility index (Phi) is 4.80. The third-order valence-corrected chi connectivity index (χ3v) is 5.37. The summed E-state index contributed by atoms with van der Waals surface area (Å²) in [6.07, 6.45) is 3.47. The maximum Gasteiger partial charge on any atom is 0.136 e. The normalized spacial score (nSPS) is 14.3. The molecule has 0 atom stereocenters. The largest absolute Gasteiger partial charge is 0.496 e. The van der Waals surface area contributed by atoms with Crippen molar-refractivity contribution in [3.05, 3.63) is 66.7 Å². The summed E-state index contributed by atoms with van der Waals surface area (Å²) < 4.78 is 27.2. The quantitative estimate of drug-likeness (QED) is 0.513. The molecular weight excluding hydrogens is 383 g/mol. The molecule has 1 aliphatic heterocycles. The predicted molar refractivity (Wildman–Crippen MR) is 114 cm³/mol. The van der Waals surface area contributed by atoms with Crippen LogP contribution in [0.2, 0.25) is 0 Å². The van der Waals surface area contributed by atoms with Gasteiger partial charge in [-0.2, -0.15) is 5.10 Å². The van der Waals surface area contributed by atoms with Crippen LogP contribution in [0.15, 0.2) is 60.9 Å². The first-order valence-corrected chi connectivity index (χ1v) is 9.84. The molecule has 0 amide bonds. The van der Waals surface area contributed by atoms with E-state index in [0.717, 1.165) is 48.6 Å². The number of hydrogen-bond acceptors (Lipinski definition) is 5. The first-order valence-electron chi connectivity index (χ1n) is 9.84. The van der Waals surface area contributed by atoms with Crippen LogP contribution in [0.1, 0.15) is 0 Å². The summed E-state index contributed by atoms with van der Waals surface area (Å²) in [5.74, 6) is 0.0740. The monoisotopic (exact) mass is 404 g/mol. The summed E-state index contributed by atoms with van der Waals surface area (Å²) >= 11 is 0. The smallest absolute Gasteiger partial charge is 0.136 e. The SMILES string of the molecule is COc1cccc(F)c1-c1cc2c(cn1)cnn2-c1ccc(N2CCOCC2)cc1.